The van der Waals surface area contributed by atoms with Crippen molar-refractivity contribution in [3.63, 3.8) is 0 Å². The van der Waals surface area contributed by atoms with Gasteiger partial charge in [0.15, 0.2) is 17.3 Å². The maximum absolute atomic E-state index is 14.6. The van der Waals surface area contributed by atoms with E-state index in [2.05, 4.69) is 20.1 Å². The fourth-order valence-corrected chi connectivity index (χ4v) is 5.05. The number of halogens is 1. The fraction of sp³-hybridized carbons (Fsp3) is 0.520. The lowest BCUT2D eigenvalue weighted by Crippen LogP contribution is -2.47. The lowest BCUT2D eigenvalue weighted by molar-refractivity contribution is -0.125. The Hall–Kier alpha value is -2.87. The van der Waals surface area contributed by atoms with Crippen LogP contribution in [0.2, 0.25) is 0 Å². The number of hydrogen-bond donors (Lipinski definition) is 1. The lowest BCUT2D eigenvalue weighted by Gasteiger charge is -2.27. The number of benzene rings is 1. The van der Waals surface area contributed by atoms with E-state index in [4.69, 9.17) is 9.47 Å². The third-order valence-corrected chi connectivity index (χ3v) is 6.69. The minimum atomic E-state index is -0.407. The molecule has 4 heterocycles. The molecule has 2 fully saturated rings. The molecule has 0 bridgehead atoms. The summed E-state index contributed by atoms with van der Waals surface area (Å²) in [5.74, 6) is 1.12. The van der Waals surface area contributed by atoms with E-state index in [1.807, 2.05) is 24.3 Å². The van der Waals surface area contributed by atoms with E-state index in [1.165, 1.54) is 18.9 Å². The summed E-state index contributed by atoms with van der Waals surface area (Å²) in [7, 11) is 0. The highest BCUT2D eigenvalue weighted by atomic mass is 19.1. The Kier molecular flexibility index (Phi) is 6.62. The lowest BCUT2D eigenvalue weighted by atomic mass is 10.0. The van der Waals surface area contributed by atoms with Crippen LogP contribution in [0.3, 0.4) is 0 Å². The van der Waals surface area contributed by atoms with Crippen molar-refractivity contribution in [2.45, 2.75) is 31.7 Å². The maximum Gasteiger partial charge on any atom is 0.225 e. The summed E-state index contributed by atoms with van der Waals surface area (Å²) in [4.78, 5) is 22.2. The van der Waals surface area contributed by atoms with Gasteiger partial charge in [0.25, 0.3) is 0 Å². The Morgan fingerprint density at radius 3 is 2.85 bits per heavy atom. The minimum Gasteiger partial charge on any atom is -0.486 e. The van der Waals surface area contributed by atoms with Crippen LogP contribution in [0.25, 0.3) is 0 Å². The first-order valence-corrected chi connectivity index (χ1v) is 11.9. The van der Waals surface area contributed by atoms with Gasteiger partial charge >= 0.3 is 0 Å². The average molecular weight is 455 g/mol. The van der Waals surface area contributed by atoms with Gasteiger partial charge in [0.1, 0.15) is 19.0 Å². The summed E-state index contributed by atoms with van der Waals surface area (Å²) >= 11 is 0. The molecule has 1 amide bonds. The highest BCUT2D eigenvalue weighted by Gasteiger charge is 2.31. The van der Waals surface area contributed by atoms with E-state index in [9.17, 15) is 9.18 Å². The SMILES string of the molecule is O=C(NC(Cc1cc(F)c2c(c1)OCCO2)CN1CCCC1)C1CCN(c2ccccn2)C1. The van der Waals surface area contributed by atoms with Crippen molar-refractivity contribution >= 4 is 11.7 Å². The molecular formula is C25H31FN4O3. The largest absolute Gasteiger partial charge is 0.486 e. The quantitative estimate of drug-likeness (QED) is 0.694. The van der Waals surface area contributed by atoms with Gasteiger partial charge in [-0.25, -0.2) is 9.37 Å². The molecule has 2 atom stereocenters. The second kappa shape index (κ2) is 9.95. The Morgan fingerprint density at radius 2 is 2.03 bits per heavy atom. The van der Waals surface area contributed by atoms with Crippen molar-refractivity contribution in [1.82, 2.24) is 15.2 Å². The van der Waals surface area contributed by atoms with Crippen LogP contribution in [0.15, 0.2) is 36.5 Å². The van der Waals surface area contributed by atoms with Crippen LogP contribution in [0, 0.1) is 11.7 Å². The zero-order chi connectivity index (χ0) is 22.6. The molecule has 2 unspecified atom stereocenters. The third-order valence-electron chi connectivity index (χ3n) is 6.69. The number of nitrogens with zero attached hydrogens (tertiary/aromatic N) is 3. The van der Waals surface area contributed by atoms with Gasteiger partial charge in [0.2, 0.25) is 5.91 Å². The van der Waals surface area contributed by atoms with Gasteiger partial charge in [0.05, 0.1) is 5.92 Å². The number of aromatic nitrogens is 1. The van der Waals surface area contributed by atoms with E-state index in [1.54, 1.807) is 6.20 Å². The van der Waals surface area contributed by atoms with E-state index >= 15 is 0 Å². The molecule has 1 N–H and O–H groups in total. The Balaban J connectivity index is 1.26. The summed E-state index contributed by atoms with van der Waals surface area (Å²) < 4.78 is 25.6. The second-order valence-corrected chi connectivity index (χ2v) is 9.14. The van der Waals surface area contributed by atoms with Crippen LogP contribution in [0.4, 0.5) is 10.2 Å². The standard InChI is InChI=1S/C25H31FN4O3/c26-21-14-18(15-22-24(21)33-12-11-32-22)13-20(17-29-8-3-4-9-29)28-25(31)19-6-10-30(16-19)23-5-1-2-7-27-23/h1-2,5,7,14-15,19-20H,3-4,6,8-13,16-17H2,(H,28,31). The zero-order valence-electron chi connectivity index (χ0n) is 18.8. The Morgan fingerprint density at radius 1 is 1.18 bits per heavy atom. The van der Waals surface area contributed by atoms with Gasteiger partial charge in [-0.15, -0.1) is 0 Å². The Labute approximate surface area is 193 Å². The van der Waals surface area contributed by atoms with Crippen molar-refractivity contribution in [1.29, 1.82) is 0 Å². The van der Waals surface area contributed by atoms with Gasteiger partial charge in [-0.05, 0) is 68.6 Å². The zero-order valence-corrected chi connectivity index (χ0v) is 18.8. The molecule has 2 aromatic rings. The van der Waals surface area contributed by atoms with Crippen LogP contribution in [0.1, 0.15) is 24.8 Å². The number of hydrogen-bond acceptors (Lipinski definition) is 6. The molecule has 1 aromatic heterocycles. The van der Waals surface area contributed by atoms with E-state index < -0.39 is 5.82 Å². The van der Waals surface area contributed by atoms with Crippen LogP contribution in [-0.2, 0) is 11.2 Å². The molecule has 176 valence electrons. The topological polar surface area (TPSA) is 66.9 Å². The van der Waals surface area contributed by atoms with Crippen LogP contribution in [0.5, 0.6) is 11.5 Å². The van der Waals surface area contributed by atoms with Crippen molar-refractivity contribution in [2.75, 3.05) is 50.8 Å². The molecule has 0 radical (unpaired) electrons. The first-order chi connectivity index (χ1) is 16.2. The summed E-state index contributed by atoms with van der Waals surface area (Å²) in [6.45, 7) is 5.10. The number of nitrogens with one attached hydrogen (secondary N) is 1. The Bertz CT molecular complexity index is 968. The molecule has 3 aliphatic heterocycles. The van der Waals surface area contributed by atoms with Crippen LogP contribution < -0.4 is 19.7 Å². The van der Waals surface area contributed by atoms with Crippen molar-refractivity contribution in [2.24, 2.45) is 5.92 Å². The number of carbonyl (C=O) groups is 1. The molecule has 33 heavy (non-hydrogen) atoms. The minimum absolute atomic E-state index is 0.0654. The van der Waals surface area contributed by atoms with Gasteiger partial charge in [-0.2, -0.15) is 0 Å². The van der Waals surface area contributed by atoms with Gasteiger partial charge in [-0.1, -0.05) is 6.07 Å². The molecule has 3 aliphatic rings. The fourth-order valence-electron chi connectivity index (χ4n) is 5.05. The highest BCUT2D eigenvalue weighted by molar-refractivity contribution is 5.80. The molecule has 0 spiro atoms. The monoisotopic (exact) mass is 454 g/mol. The third kappa shape index (κ3) is 5.21. The number of carbonyl (C=O) groups excluding carboxylic acids is 1. The van der Waals surface area contributed by atoms with Gasteiger partial charge < -0.3 is 24.6 Å². The highest BCUT2D eigenvalue weighted by Crippen LogP contribution is 2.34. The number of anilines is 1. The number of fused-ring (bicyclic) bond motifs is 1. The smallest absolute Gasteiger partial charge is 0.225 e. The molecule has 2 saturated heterocycles. The number of likely N-dealkylation sites (tertiary alicyclic amines) is 1. The predicted molar refractivity (Wildman–Crippen MR) is 123 cm³/mol. The first-order valence-electron chi connectivity index (χ1n) is 11.9. The summed E-state index contributed by atoms with van der Waals surface area (Å²) in [6, 6.07) is 9.10. The number of ether oxygens (including phenoxy) is 2. The molecule has 8 heteroatoms. The van der Waals surface area contributed by atoms with Crippen LogP contribution in [-0.4, -0.2) is 67.8 Å². The molecule has 1 aromatic carbocycles. The predicted octanol–water partition coefficient (Wildman–Crippen LogP) is 2.64. The number of rotatable bonds is 7. The van der Waals surface area contributed by atoms with Crippen molar-refractivity contribution in [3.8, 4) is 11.5 Å². The van der Waals surface area contributed by atoms with Gasteiger partial charge in [0, 0.05) is 31.9 Å². The molecule has 5 rings (SSSR count). The normalized spacial score (nSPS) is 21.2. The number of pyridine rings is 1. The first kappa shape index (κ1) is 21.9. The molecule has 0 saturated carbocycles. The molecule has 0 aliphatic carbocycles. The average Bonchev–Trinajstić information content (AvgIpc) is 3.52. The molecule has 7 nitrogen and oxygen atoms in total. The van der Waals surface area contributed by atoms with Crippen molar-refractivity contribution in [3.05, 3.63) is 47.9 Å². The second-order valence-electron chi connectivity index (χ2n) is 9.14. The van der Waals surface area contributed by atoms with E-state index in [0.29, 0.717) is 31.9 Å². The van der Waals surface area contributed by atoms with E-state index in [-0.39, 0.29) is 23.6 Å². The molecular weight excluding hydrogens is 423 g/mol. The van der Waals surface area contributed by atoms with Crippen LogP contribution >= 0.6 is 0 Å². The van der Waals surface area contributed by atoms with E-state index in [0.717, 1.165) is 44.0 Å². The number of amides is 1. The van der Waals surface area contributed by atoms with Gasteiger partial charge in [-0.3, -0.25) is 4.79 Å². The van der Waals surface area contributed by atoms with Crippen molar-refractivity contribution < 1.29 is 18.7 Å². The summed E-state index contributed by atoms with van der Waals surface area (Å²) in [5.41, 5.74) is 0.808. The summed E-state index contributed by atoms with van der Waals surface area (Å²) in [5, 5.41) is 3.28. The summed E-state index contributed by atoms with van der Waals surface area (Å²) in [6.07, 6.45) is 5.49. The maximum atomic E-state index is 14.6.